The fourth-order valence-electron chi connectivity index (χ4n) is 3.71. The van der Waals surface area contributed by atoms with E-state index in [2.05, 4.69) is 35.2 Å². The van der Waals surface area contributed by atoms with Crippen molar-refractivity contribution in [2.75, 3.05) is 11.1 Å². The van der Waals surface area contributed by atoms with Crippen LogP contribution in [0, 0.1) is 22.2 Å². The number of oxazole rings is 1. The topological polar surface area (TPSA) is 125 Å². The van der Waals surface area contributed by atoms with Crippen LogP contribution in [0.4, 0.5) is 11.4 Å². The van der Waals surface area contributed by atoms with Gasteiger partial charge in [-0.05, 0) is 41.7 Å². The monoisotopic (exact) mass is 376 g/mol. The van der Waals surface area contributed by atoms with Crippen LogP contribution in [0.2, 0.25) is 0 Å². The third-order valence-corrected chi connectivity index (χ3v) is 5.14. The van der Waals surface area contributed by atoms with E-state index in [4.69, 9.17) is 20.8 Å². The summed E-state index contributed by atoms with van der Waals surface area (Å²) in [6.07, 6.45) is 5.23. The van der Waals surface area contributed by atoms with Crippen molar-refractivity contribution in [1.29, 1.82) is 10.7 Å². The lowest BCUT2D eigenvalue weighted by Crippen LogP contribution is -2.25. The Bertz CT molecular complexity index is 1110. The Hall–Kier alpha value is -3.66. The fraction of sp³-hybridized carbons (Fsp3) is 0.238. The van der Waals surface area contributed by atoms with Crippen LogP contribution in [0.25, 0.3) is 0 Å². The molecule has 2 heterocycles. The second kappa shape index (κ2) is 6.50. The van der Waals surface area contributed by atoms with E-state index in [0.29, 0.717) is 22.6 Å². The Morgan fingerprint density at radius 1 is 1.39 bits per heavy atom. The lowest BCUT2D eigenvalue weighted by Gasteiger charge is -2.29. The largest absolute Gasteiger partial charge is 0.442 e. The number of nitriles is 1. The van der Waals surface area contributed by atoms with Crippen molar-refractivity contribution in [2.24, 2.45) is 5.41 Å². The molecule has 0 saturated carbocycles. The van der Waals surface area contributed by atoms with Crippen LogP contribution >= 0.6 is 0 Å². The van der Waals surface area contributed by atoms with Crippen LogP contribution in [-0.4, -0.2) is 15.7 Å². The molecule has 0 radical (unpaired) electrons. The van der Waals surface area contributed by atoms with Gasteiger partial charge in [-0.3, -0.25) is 10.4 Å². The average Bonchev–Trinajstić information content (AvgIpc) is 3.28. The summed E-state index contributed by atoms with van der Waals surface area (Å²) in [7, 11) is 0. The molecule has 7 heteroatoms. The lowest BCUT2D eigenvalue weighted by atomic mass is 9.86. The quantitative estimate of drug-likeness (QED) is 0.464. The van der Waals surface area contributed by atoms with Crippen LogP contribution in [-0.2, 0) is 6.42 Å². The maximum Gasteiger partial charge on any atom is 0.181 e. The number of fused-ring (bicyclic) bond motifs is 1. The minimum Gasteiger partial charge on any atom is -0.442 e. The summed E-state index contributed by atoms with van der Waals surface area (Å²) >= 11 is 0. The van der Waals surface area contributed by atoms with Gasteiger partial charge >= 0.3 is 0 Å². The minimum absolute atomic E-state index is 0. The molecule has 1 aromatic carbocycles. The molecule has 1 aliphatic rings. The summed E-state index contributed by atoms with van der Waals surface area (Å²) in [6.45, 7) is 4.35. The summed E-state index contributed by atoms with van der Waals surface area (Å²) in [5, 5.41) is 21.1. The van der Waals surface area contributed by atoms with Gasteiger partial charge in [-0.25, -0.2) is 4.98 Å². The predicted molar refractivity (Wildman–Crippen MR) is 110 cm³/mol. The summed E-state index contributed by atoms with van der Waals surface area (Å²) in [5.74, 6) is 0.362. The molecule has 1 aliphatic carbocycles. The number of pyridine rings is 1. The highest BCUT2D eigenvalue weighted by molar-refractivity contribution is 6.12. The summed E-state index contributed by atoms with van der Waals surface area (Å²) in [6, 6.07) is 9.56. The first-order valence-corrected chi connectivity index (χ1v) is 8.92. The van der Waals surface area contributed by atoms with Crippen LogP contribution in [0.3, 0.4) is 0 Å². The number of benzene rings is 1. The van der Waals surface area contributed by atoms with Gasteiger partial charge in [-0.2, -0.15) is 5.26 Å². The maximum absolute atomic E-state index is 9.14. The summed E-state index contributed by atoms with van der Waals surface area (Å²) in [4.78, 5) is 8.41. The highest BCUT2D eigenvalue weighted by Crippen LogP contribution is 2.46. The molecule has 144 valence electrons. The first kappa shape index (κ1) is 17.7. The number of nitrogens with one attached hydrogen (secondary N) is 2. The summed E-state index contributed by atoms with van der Waals surface area (Å²) in [5.41, 5.74) is 10.7. The molecule has 7 nitrogen and oxygen atoms in total. The molecule has 28 heavy (non-hydrogen) atoms. The van der Waals surface area contributed by atoms with Gasteiger partial charge in [0.25, 0.3) is 0 Å². The number of nitrogens with two attached hydrogens (primary N) is 1. The van der Waals surface area contributed by atoms with E-state index in [1.807, 2.05) is 18.2 Å². The van der Waals surface area contributed by atoms with E-state index in [1.165, 1.54) is 12.6 Å². The maximum atomic E-state index is 9.14. The first-order chi connectivity index (χ1) is 13.4. The fourth-order valence-corrected chi connectivity index (χ4v) is 3.71. The van der Waals surface area contributed by atoms with Crippen LogP contribution in [0.5, 0.6) is 0 Å². The summed E-state index contributed by atoms with van der Waals surface area (Å²) < 4.78 is 5.23. The van der Waals surface area contributed by atoms with Crippen molar-refractivity contribution >= 4 is 17.1 Å². The Morgan fingerprint density at radius 3 is 2.93 bits per heavy atom. The third-order valence-electron chi connectivity index (χ3n) is 5.14. The van der Waals surface area contributed by atoms with E-state index in [0.717, 1.165) is 23.4 Å². The van der Waals surface area contributed by atoms with Crippen molar-refractivity contribution in [3.05, 3.63) is 71.2 Å². The third kappa shape index (κ3) is 2.99. The van der Waals surface area contributed by atoms with Gasteiger partial charge in [0.1, 0.15) is 11.8 Å². The first-order valence-electron chi connectivity index (χ1n) is 8.92. The Balaban J connectivity index is 0.00000160. The van der Waals surface area contributed by atoms with Gasteiger partial charge in [0.15, 0.2) is 12.2 Å². The lowest BCUT2D eigenvalue weighted by molar-refractivity contribution is 0.334. The van der Waals surface area contributed by atoms with Gasteiger partial charge in [-0.15, -0.1) is 0 Å². The van der Waals surface area contributed by atoms with Gasteiger partial charge in [-0.1, -0.05) is 13.8 Å². The van der Waals surface area contributed by atoms with Crippen LogP contribution < -0.4 is 11.1 Å². The van der Waals surface area contributed by atoms with E-state index in [-0.39, 0.29) is 20.0 Å². The Morgan fingerprint density at radius 2 is 2.21 bits per heavy atom. The number of nitrogens with zero attached hydrogens (tertiary/aromatic N) is 3. The SMILES string of the molecule is CC1(C)Cc2cc(C#N)cnc2[C@@H]1Nc1ccc(N)c(C(=N)c2cnco2)c1.[HH].[HH]. The number of hydrogen-bond acceptors (Lipinski definition) is 7. The molecule has 3 aromatic rings. The van der Waals surface area contributed by atoms with Gasteiger partial charge in [0.05, 0.1) is 23.5 Å². The molecule has 0 bridgehead atoms. The zero-order valence-electron chi connectivity index (χ0n) is 15.7. The molecule has 1 atom stereocenters. The van der Waals surface area contributed by atoms with Gasteiger partial charge in [0, 0.05) is 26.0 Å². The zero-order chi connectivity index (χ0) is 19.9. The molecule has 0 fully saturated rings. The van der Waals surface area contributed by atoms with E-state index in [9.17, 15) is 0 Å². The second-order valence-corrected chi connectivity index (χ2v) is 7.67. The molecule has 0 unspecified atom stereocenters. The number of hydrogen-bond donors (Lipinski definition) is 3. The molecule has 0 amide bonds. The van der Waals surface area contributed by atoms with Crippen LogP contribution in [0.15, 0.2) is 47.5 Å². The van der Waals surface area contributed by atoms with Crippen molar-refractivity contribution in [3.8, 4) is 6.07 Å². The second-order valence-electron chi connectivity index (χ2n) is 7.67. The number of aromatic nitrogens is 2. The molecule has 0 saturated heterocycles. The van der Waals surface area contributed by atoms with Gasteiger partial charge in [0.2, 0.25) is 0 Å². The Labute approximate surface area is 165 Å². The molecule has 2 aromatic heterocycles. The van der Waals surface area contributed by atoms with Crippen LogP contribution in [0.1, 0.15) is 50.9 Å². The van der Waals surface area contributed by atoms with Crippen molar-refractivity contribution < 1.29 is 7.27 Å². The van der Waals surface area contributed by atoms with Crippen molar-refractivity contribution in [3.63, 3.8) is 0 Å². The standard InChI is InChI=1S/C21H20N6O.2H2/c1-21(2)7-13-5-12(8-22)9-26-19(13)20(21)27-14-3-4-16(23)15(6-14)18(24)17-10-25-11-28-17;;/h3-6,9-11,20,24,27H,7,23H2,1-2H3;2*1H/t20-;;/m0../s1. The smallest absolute Gasteiger partial charge is 0.181 e. The molecular weight excluding hydrogens is 352 g/mol. The van der Waals surface area contributed by atoms with Gasteiger partial charge < -0.3 is 15.5 Å². The molecule has 0 aliphatic heterocycles. The average molecular weight is 376 g/mol. The number of anilines is 2. The number of nitrogen functional groups attached to an aromatic ring is 1. The van der Waals surface area contributed by atoms with E-state index < -0.39 is 0 Å². The number of rotatable bonds is 4. The highest BCUT2D eigenvalue weighted by Gasteiger charge is 2.40. The molecule has 4 N–H and O–H groups in total. The normalized spacial score (nSPS) is 17.0. The zero-order valence-corrected chi connectivity index (χ0v) is 15.7. The van der Waals surface area contributed by atoms with E-state index in [1.54, 1.807) is 12.3 Å². The molecular formula is C21H24N6O. The Kier molecular flexibility index (Phi) is 4.12. The van der Waals surface area contributed by atoms with E-state index >= 15 is 0 Å². The van der Waals surface area contributed by atoms with Crippen molar-refractivity contribution in [1.82, 2.24) is 9.97 Å². The molecule has 4 rings (SSSR count). The predicted octanol–water partition coefficient (Wildman–Crippen LogP) is 4.17. The molecule has 0 spiro atoms. The highest BCUT2D eigenvalue weighted by atomic mass is 16.3. The minimum atomic E-state index is -0.0800. The van der Waals surface area contributed by atoms with Crippen molar-refractivity contribution in [2.45, 2.75) is 26.3 Å².